The van der Waals surface area contributed by atoms with Crippen LogP contribution in [0, 0.1) is 5.92 Å². The van der Waals surface area contributed by atoms with Crippen LogP contribution in [0.15, 0.2) is 53.3 Å². The van der Waals surface area contributed by atoms with Crippen LogP contribution in [0.1, 0.15) is 12.8 Å². The first kappa shape index (κ1) is 20.1. The third-order valence-electron chi connectivity index (χ3n) is 5.53. The third-order valence-corrected chi connectivity index (χ3v) is 5.77. The fraction of sp³-hybridized carbons (Fsp3) is 0.273. The topological polar surface area (TPSA) is 98.3 Å². The number of halogens is 1. The average Bonchev–Trinajstić information content (AvgIpc) is 2.76. The fourth-order valence-electron chi connectivity index (χ4n) is 3.87. The van der Waals surface area contributed by atoms with Gasteiger partial charge < -0.3 is 10.6 Å². The number of amides is 2. The van der Waals surface area contributed by atoms with E-state index in [4.69, 9.17) is 17.3 Å². The molecule has 4 rings (SSSR count). The average molecular weight is 425 g/mol. The molecule has 2 aromatic carbocycles. The van der Waals surface area contributed by atoms with Crippen molar-refractivity contribution in [2.24, 2.45) is 11.7 Å². The van der Waals surface area contributed by atoms with Crippen LogP contribution in [0.25, 0.3) is 22.2 Å². The molecular formula is C22H21ClN4O3. The number of piperidine rings is 1. The van der Waals surface area contributed by atoms with Gasteiger partial charge in [0, 0.05) is 35.0 Å². The number of aromatic nitrogens is 2. The van der Waals surface area contributed by atoms with Crippen molar-refractivity contribution in [1.29, 1.82) is 0 Å². The highest BCUT2D eigenvalue weighted by molar-refractivity contribution is 6.31. The van der Waals surface area contributed by atoms with Gasteiger partial charge in [-0.3, -0.25) is 14.2 Å². The van der Waals surface area contributed by atoms with Gasteiger partial charge in [-0.15, -0.1) is 0 Å². The van der Waals surface area contributed by atoms with Crippen LogP contribution >= 0.6 is 11.6 Å². The molecule has 0 radical (unpaired) electrons. The number of benzene rings is 2. The molecule has 0 aliphatic carbocycles. The lowest BCUT2D eigenvalue weighted by Crippen LogP contribution is -2.44. The fourth-order valence-corrected chi connectivity index (χ4v) is 4.04. The quantitative estimate of drug-likeness (QED) is 0.695. The monoisotopic (exact) mass is 424 g/mol. The zero-order valence-corrected chi connectivity index (χ0v) is 17.0. The Morgan fingerprint density at radius 1 is 1.10 bits per heavy atom. The molecule has 1 aliphatic rings. The van der Waals surface area contributed by atoms with Crippen molar-refractivity contribution in [3.63, 3.8) is 0 Å². The molecule has 1 aliphatic heterocycles. The van der Waals surface area contributed by atoms with Gasteiger partial charge in [-0.25, -0.2) is 4.79 Å². The number of rotatable bonds is 4. The highest BCUT2D eigenvalue weighted by Crippen LogP contribution is 2.28. The van der Waals surface area contributed by atoms with Crippen LogP contribution in [0.2, 0.25) is 5.02 Å². The van der Waals surface area contributed by atoms with Crippen molar-refractivity contribution in [3.05, 3.63) is 64.0 Å². The molecule has 1 aromatic heterocycles. The Morgan fingerprint density at radius 2 is 1.80 bits per heavy atom. The molecule has 1 saturated heterocycles. The van der Waals surface area contributed by atoms with Gasteiger partial charge >= 0.3 is 5.69 Å². The van der Waals surface area contributed by atoms with Gasteiger partial charge in [0.2, 0.25) is 11.8 Å². The van der Waals surface area contributed by atoms with Crippen molar-refractivity contribution in [2.45, 2.75) is 19.4 Å². The molecule has 2 heterocycles. The molecule has 1 fully saturated rings. The van der Waals surface area contributed by atoms with Gasteiger partial charge in [-0.2, -0.15) is 4.98 Å². The Hall–Kier alpha value is -3.19. The van der Waals surface area contributed by atoms with Crippen molar-refractivity contribution in [3.8, 4) is 11.3 Å². The molecule has 154 valence electrons. The summed E-state index contributed by atoms with van der Waals surface area (Å²) in [6.45, 7) is 0.765. The van der Waals surface area contributed by atoms with Gasteiger partial charge in [0.15, 0.2) is 0 Å². The summed E-state index contributed by atoms with van der Waals surface area (Å²) in [6, 6.07) is 14.6. The lowest BCUT2D eigenvalue weighted by atomic mass is 9.96. The number of fused-ring (bicyclic) bond motifs is 1. The summed E-state index contributed by atoms with van der Waals surface area (Å²) in [6.07, 6.45) is 1.08. The SMILES string of the molecule is NC(=O)C1CCN(C(=O)Cn2c(=O)nc(-c3ccccc3)c3cc(Cl)ccc32)CC1. The number of hydrogen-bond acceptors (Lipinski definition) is 4. The van der Waals surface area contributed by atoms with Gasteiger partial charge in [0.25, 0.3) is 0 Å². The summed E-state index contributed by atoms with van der Waals surface area (Å²) in [5.41, 5.74) is 6.79. The lowest BCUT2D eigenvalue weighted by Gasteiger charge is -2.30. The van der Waals surface area contributed by atoms with Crippen molar-refractivity contribution in [2.75, 3.05) is 13.1 Å². The second-order valence-electron chi connectivity index (χ2n) is 7.41. The summed E-state index contributed by atoms with van der Waals surface area (Å²) in [4.78, 5) is 43.0. The standard InChI is InChI=1S/C22H21ClN4O3/c23-16-6-7-18-17(12-16)20(14-4-2-1-3-5-14)25-22(30)27(18)13-19(28)26-10-8-15(9-11-26)21(24)29/h1-7,12,15H,8-11,13H2,(H2,24,29). The second kappa shape index (κ2) is 8.28. The minimum atomic E-state index is -0.496. The Balaban J connectivity index is 1.69. The van der Waals surface area contributed by atoms with Gasteiger partial charge in [-0.1, -0.05) is 41.9 Å². The summed E-state index contributed by atoms with van der Waals surface area (Å²) in [7, 11) is 0. The van der Waals surface area contributed by atoms with E-state index < -0.39 is 5.69 Å². The molecule has 0 unspecified atom stereocenters. The van der Waals surface area contributed by atoms with E-state index in [0.29, 0.717) is 47.6 Å². The predicted molar refractivity (Wildman–Crippen MR) is 115 cm³/mol. The van der Waals surface area contributed by atoms with E-state index in [1.807, 2.05) is 30.3 Å². The van der Waals surface area contributed by atoms with E-state index >= 15 is 0 Å². The number of carbonyl (C=O) groups is 2. The van der Waals surface area contributed by atoms with Crippen LogP contribution < -0.4 is 11.4 Å². The van der Waals surface area contributed by atoms with E-state index in [9.17, 15) is 14.4 Å². The van der Waals surface area contributed by atoms with Crippen LogP contribution in [-0.4, -0.2) is 39.4 Å². The van der Waals surface area contributed by atoms with E-state index in [1.165, 1.54) is 4.57 Å². The first-order chi connectivity index (χ1) is 14.4. The largest absolute Gasteiger partial charge is 0.369 e. The Kier molecular flexibility index (Phi) is 5.55. The molecule has 0 spiro atoms. The summed E-state index contributed by atoms with van der Waals surface area (Å²) >= 11 is 6.21. The molecule has 0 bridgehead atoms. The first-order valence-electron chi connectivity index (χ1n) is 9.76. The smallest absolute Gasteiger partial charge is 0.349 e. The maximum absolute atomic E-state index is 12.9. The summed E-state index contributed by atoms with van der Waals surface area (Å²) in [5.74, 6) is -0.723. The molecule has 3 aromatic rings. The molecule has 2 N–H and O–H groups in total. The second-order valence-corrected chi connectivity index (χ2v) is 7.85. The molecule has 2 amide bonds. The number of nitrogens with zero attached hydrogens (tertiary/aromatic N) is 3. The number of carbonyl (C=O) groups excluding carboxylic acids is 2. The zero-order valence-electron chi connectivity index (χ0n) is 16.3. The van der Waals surface area contributed by atoms with Crippen LogP contribution in [0.4, 0.5) is 0 Å². The maximum atomic E-state index is 12.9. The summed E-state index contributed by atoms with van der Waals surface area (Å²) < 4.78 is 1.38. The normalized spacial score (nSPS) is 14.8. The van der Waals surface area contributed by atoms with E-state index in [0.717, 1.165) is 5.56 Å². The predicted octanol–water partition coefficient (Wildman–Crippen LogP) is 2.44. The van der Waals surface area contributed by atoms with Crippen LogP contribution in [-0.2, 0) is 16.1 Å². The van der Waals surface area contributed by atoms with Crippen molar-refractivity contribution < 1.29 is 9.59 Å². The number of nitrogens with two attached hydrogens (primary N) is 1. The van der Waals surface area contributed by atoms with E-state index in [-0.39, 0.29) is 24.3 Å². The van der Waals surface area contributed by atoms with E-state index in [1.54, 1.807) is 23.1 Å². The number of primary amides is 1. The number of hydrogen-bond donors (Lipinski definition) is 1. The molecule has 0 saturated carbocycles. The Bertz CT molecular complexity index is 1170. The molecular weight excluding hydrogens is 404 g/mol. The maximum Gasteiger partial charge on any atom is 0.349 e. The third kappa shape index (κ3) is 3.93. The summed E-state index contributed by atoms with van der Waals surface area (Å²) in [5, 5.41) is 1.22. The van der Waals surface area contributed by atoms with Crippen LogP contribution in [0.3, 0.4) is 0 Å². The minimum absolute atomic E-state index is 0.125. The Labute approximate surface area is 178 Å². The molecule has 7 nitrogen and oxygen atoms in total. The molecule has 8 heteroatoms. The van der Waals surface area contributed by atoms with Gasteiger partial charge in [0.05, 0.1) is 11.2 Å². The van der Waals surface area contributed by atoms with Crippen molar-refractivity contribution >= 4 is 34.3 Å². The van der Waals surface area contributed by atoms with Gasteiger partial charge in [-0.05, 0) is 31.0 Å². The minimum Gasteiger partial charge on any atom is -0.369 e. The lowest BCUT2D eigenvalue weighted by molar-refractivity contribution is -0.135. The Morgan fingerprint density at radius 3 is 2.47 bits per heavy atom. The zero-order chi connectivity index (χ0) is 21.3. The first-order valence-corrected chi connectivity index (χ1v) is 10.1. The van der Waals surface area contributed by atoms with E-state index in [2.05, 4.69) is 4.98 Å². The number of likely N-dealkylation sites (tertiary alicyclic amines) is 1. The highest BCUT2D eigenvalue weighted by atomic mass is 35.5. The van der Waals surface area contributed by atoms with Crippen LogP contribution in [0.5, 0.6) is 0 Å². The molecule has 0 atom stereocenters. The van der Waals surface area contributed by atoms with Gasteiger partial charge in [0.1, 0.15) is 6.54 Å². The van der Waals surface area contributed by atoms with Crippen molar-refractivity contribution in [1.82, 2.24) is 14.5 Å². The molecule has 30 heavy (non-hydrogen) atoms. The highest BCUT2D eigenvalue weighted by Gasteiger charge is 2.26.